The van der Waals surface area contributed by atoms with Gasteiger partial charge < -0.3 is 9.73 Å². The fourth-order valence-corrected chi connectivity index (χ4v) is 2.39. The van der Waals surface area contributed by atoms with Crippen LogP contribution in [0.4, 0.5) is 0 Å². The standard InChI is InChI=1S/C13H21NO/c1-5-11-7-13(11)14-9(3)12-6-8(2)15-10(12)4/h6,9,11,13-14H,5,7H2,1-4H3. The predicted octanol–water partition coefficient (Wildman–Crippen LogP) is 3.35. The van der Waals surface area contributed by atoms with Crippen LogP contribution in [0, 0.1) is 19.8 Å². The Morgan fingerprint density at radius 2 is 2.27 bits per heavy atom. The number of hydrogen-bond acceptors (Lipinski definition) is 2. The molecule has 1 N–H and O–H groups in total. The largest absolute Gasteiger partial charge is 0.466 e. The third kappa shape index (κ3) is 2.25. The lowest BCUT2D eigenvalue weighted by molar-refractivity contribution is 0.485. The zero-order valence-corrected chi connectivity index (χ0v) is 10.1. The summed E-state index contributed by atoms with van der Waals surface area (Å²) in [5.74, 6) is 2.97. The van der Waals surface area contributed by atoms with E-state index >= 15 is 0 Å². The zero-order chi connectivity index (χ0) is 11.0. The van der Waals surface area contributed by atoms with Crippen LogP contribution in [0.15, 0.2) is 10.5 Å². The minimum Gasteiger partial charge on any atom is -0.466 e. The van der Waals surface area contributed by atoms with Crippen LogP contribution in [0.3, 0.4) is 0 Å². The second-order valence-electron chi connectivity index (χ2n) is 4.77. The third-order valence-corrected chi connectivity index (χ3v) is 3.46. The summed E-state index contributed by atoms with van der Waals surface area (Å²) in [4.78, 5) is 0. The summed E-state index contributed by atoms with van der Waals surface area (Å²) < 4.78 is 5.55. The molecule has 1 aliphatic rings. The van der Waals surface area contributed by atoms with Crippen LogP contribution in [0.1, 0.15) is 49.8 Å². The molecule has 1 fully saturated rings. The highest BCUT2D eigenvalue weighted by atomic mass is 16.3. The van der Waals surface area contributed by atoms with Crippen molar-refractivity contribution in [2.24, 2.45) is 5.92 Å². The van der Waals surface area contributed by atoms with Crippen molar-refractivity contribution in [1.29, 1.82) is 0 Å². The van der Waals surface area contributed by atoms with Gasteiger partial charge in [0.1, 0.15) is 11.5 Å². The van der Waals surface area contributed by atoms with Crippen LogP contribution in [-0.2, 0) is 0 Å². The third-order valence-electron chi connectivity index (χ3n) is 3.46. The fourth-order valence-electron chi connectivity index (χ4n) is 2.39. The van der Waals surface area contributed by atoms with Crippen LogP contribution in [-0.4, -0.2) is 6.04 Å². The molecule has 0 bridgehead atoms. The Hall–Kier alpha value is -0.760. The van der Waals surface area contributed by atoms with E-state index in [-0.39, 0.29) is 0 Å². The van der Waals surface area contributed by atoms with E-state index in [1.165, 1.54) is 18.4 Å². The molecule has 3 unspecified atom stereocenters. The minimum absolute atomic E-state index is 0.420. The molecule has 0 amide bonds. The van der Waals surface area contributed by atoms with E-state index in [0.717, 1.165) is 23.5 Å². The summed E-state index contributed by atoms with van der Waals surface area (Å²) in [6, 6.07) is 3.31. The van der Waals surface area contributed by atoms with Crippen molar-refractivity contribution in [2.45, 2.75) is 52.6 Å². The molecule has 2 nitrogen and oxygen atoms in total. The first-order valence-electron chi connectivity index (χ1n) is 5.94. The average Bonchev–Trinajstić information content (AvgIpc) is 2.83. The average molecular weight is 207 g/mol. The molecule has 2 rings (SSSR count). The summed E-state index contributed by atoms with van der Waals surface area (Å²) in [5.41, 5.74) is 1.31. The molecular weight excluding hydrogens is 186 g/mol. The van der Waals surface area contributed by atoms with Crippen LogP contribution < -0.4 is 5.32 Å². The lowest BCUT2D eigenvalue weighted by Gasteiger charge is -2.12. The topological polar surface area (TPSA) is 25.2 Å². The van der Waals surface area contributed by atoms with Crippen LogP contribution in [0.5, 0.6) is 0 Å². The van der Waals surface area contributed by atoms with E-state index < -0.39 is 0 Å². The van der Waals surface area contributed by atoms with Gasteiger partial charge in [0.05, 0.1) is 0 Å². The highest BCUT2D eigenvalue weighted by Crippen LogP contribution is 2.35. The van der Waals surface area contributed by atoms with Crippen molar-refractivity contribution in [1.82, 2.24) is 5.32 Å². The Bertz CT molecular complexity index is 342. The van der Waals surface area contributed by atoms with Gasteiger partial charge in [-0.25, -0.2) is 0 Å². The minimum atomic E-state index is 0.420. The van der Waals surface area contributed by atoms with Gasteiger partial charge >= 0.3 is 0 Å². The second kappa shape index (κ2) is 4.01. The maximum atomic E-state index is 5.55. The Morgan fingerprint density at radius 1 is 1.53 bits per heavy atom. The highest BCUT2D eigenvalue weighted by molar-refractivity contribution is 5.24. The van der Waals surface area contributed by atoms with E-state index in [0.29, 0.717) is 6.04 Å². The monoisotopic (exact) mass is 207 g/mol. The zero-order valence-electron chi connectivity index (χ0n) is 10.1. The molecule has 0 aromatic carbocycles. The Morgan fingerprint density at radius 3 is 2.73 bits per heavy atom. The van der Waals surface area contributed by atoms with E-state index in [4.69, 9.17) is 4.42 Å². The first kappa shape index (κ1) is 10.7. The van der Waals surface area contributed by atoms with Crippen molar-refractivity contribution >= 4 is 0 Å². The maximum absolute atomic E-state index is 5.55. The summed E-state index contributed by atoms with van der Waals surface area (Å²) >= 11 is 0. The molecule has 0 radical (unpaired) electrons. The van der Waals surface area contributed by atoms with Gasteiger partial charge in [-0.1, -0.05) is 13.3 Å². The first-order chi connectivity index (χ1) is 7.11. The molecule has 0 aliphatic heterocycles. The smallest absolute Gasteiger partial charge is 0.105 e. The summed E-state index contributed by atoms with van der Waals surface area (Å²) in [7, 11) is 0. The van der Waals surface area contributed by atoms with Crippen molar-refractivity contribution in [3.05, 3.63) is 23.2 Å². The number of furan rings is 1. The van der Waals surface area contributed by atoms with Gasteiger partial charge in [0.15, 0.2) is 0 Å². The van der Waals surface area contributed by atoms with Gasteiger partial charge in [-0.3, -0.25) is 0 Å². The lowest BCUT2D eigenvalue weighted by atomic mass is 10.1. The van der Waals surface area contributed by atoms with Gasteiger partial charge in [0.25, 0.3) is 0 Å². The Kier molecular flexibility index (Phi) is 2.87. The fraction of sp³-hybridized carbons (Fsp3) is 0.692. The Balaban J connectivity index is 1.96. The molecular formula is C13H21NO. The van der Waals surface area contributed by atoms with Crippen LogP contribution in [0.25, 0.3) is 0 Å². The molecule has 2 heteroatoms. The normalized spacial score (nSPS) is 26.7. The number of rotatable bonds is 4. The Labute approximate surface area is 92.1 Å². The molecule has 3 atom stereocenters. The molecule has 1 aromatic rings. The van der Waals surface area contributed by atoms with Crippen molar-refractivity contribution in [2.75, 3.05) is 0 Å². The van der Waals surface area contributed by atoms with Crippen LogP contribution in [0.2, 0.25) is 0 Å². The van der Waals surface area contributed by atoms with Gasteiger partial charge in [-0.15, -0.1) is 0 Å². The highest BCUT2D eigenvalue weighted by Gasteiger charge is 2.36. The van der Waals surface area contributed by atoms with E-state index in [9.17, 15) is 0 Å². The molecule has 84 valence electrons. The molecule has 1 heterocycles. The van der Waals surface area contributed by atoms with Gasteiger partial charge in [-0.2, -0.15) is 0 Å². The van der Waals surface area contributed by atoms with Crippen molar-refractivity contribution in [3.8, 4) is 0 Å². The van der Waals surface area contributed by atoms with Crippen LogP contribution >= 0.6 is 0 Å². The van der Waals surface area contributed by atoms with Gasteiger partial charge in [-0.05, 0) is 39.2 Å². The second-order valence-corrected chi connectivity index (χ2v) is 4.77. The number of hydrogen-bond donors (Lipinski definition) is 1. The molecule has 1 saturated carbocycles. The first-order valence-corrected chi connectivity index (χ1v) is 5.94. The lowest BCUT2D eigenvalue weighted by Crippen LogP contribution is -2.22. The molecule has 1 aliphatic carbocycles. The summed E-state index contributed by atoms with van der Waals surface area (Å²) in [6.07, 6.45) is 2.64. The van der Waals surface area contributed by atoms with E-state index in [1.54, 1.807) is 0 Å². The van der Waals surface area contributed by atoms with E-state index in [1.807, 2.05) is 13.8 Å². The summed E-state index contributed by atoms with van der Waals surface area (Å²) in [6.45, 7) is 8.55. The number of aryl methyl sites for hydroxylation is 2. The van der Waals surface area contributed by atoms with Gasteiger partial charge in [0, 0.05) is 17.6 Å². The quantitative estimate of drug-likeness (QED) is 0.819. The molecule has 0 spiro atoms. The number of nitrogens with one attached hydrogen (secondary N) is 1. The molecule has 0 saturated heterocycles. The predicted molar refractivity (Wildman–Crippen MR) is 61.9 cm³/mol. The molecule has 15 heavy (non-hydrogen) atoms. The summed E-state index contributed by atoms with van der Waals surface area (Å²) in [5, 5.41) is 3.67. The molecule has 1 aromatic heterocycles. The van der Waals surface area contributed by atoms with Crippen molar-refractivity contribution in [3.63, 3.8) is 0 Å². The maximum Gasteiger partial charge on any atom is 0.105 e. The van der Waals surface area contributed by atoms with Crippen molar-refractivity contribution < 1.29 is 4.42 Å². The van der Waals surface area contributed by atoms with Gasteiger partial charge in [0.2, 0.25) is 0 Å². The van der Waals surface area contributed by atoms with E-state index in [2.05, 4.69) is 25.2 Å². The SMILES string of the molecule is CCC1CC1NC(C)c1cc(C)oc1C.